The van der Waals surface area contributed by atoms with Gasteiger partial charge in [-0.2, -0.15) is 5.10 Å². The zero-order valence-electron chi connectivity index (χ0n) is 6.35. The second-order valence-electron chi connectivity index (χ2n) is 2.31. The second-order valence-corrected chi connectivity index (χ2v) is 4.95. The summed E-state index contributed by atoms with van der Waals surface area (Å²) in [6.45, 7) is 6.14. The van der Waals surface area contributed by atoms with E-state index >= 15 is 0 Å². The fraction of sp³-hybridized carbons (Fsp3) is 0.833. The van der Waals surface area contributed by atoms with Crippen LogP contribution >= 0.6 is 22.6 Å². The van der Waals surface area contributed by atoms with E-state index in [1.807, 2.05) is 19.0 Å². The third kappa shape index (κ3) is 3.72. The van der Waals surface area contributed by atoms with Crippen LogP contribution in [-0.2, 0) is 0 Å². The molecule has 0 saturated heterocycles. The van der Waals surface area contributed by atoms with Gasteiger partial charge in [0.25, 0.3) is 0 Å². The minimum Gasteiger partial charge on any atom is -0.285 e. The Labute approximate surface area is 70.5 Å². The van der Waals surface area contributed by atoms with Crippen LogP contribution in [-0.4, -0.2) is 21.8 Å². The predicted molar refractivity (Wildman–Crippen MR) is 50.0 cm³/mol. The zero-order valence-corrected chi connectivity index (χ0v) is 8.51. The van der Waals surface area contributed by atoms with Crippen molar-refractivity contribution in [2.75, 3.05) is 7.05 Å². The van der Waals surface area contributed by atoms with Crippen LogP contribution in [0.15, 0.2) is 5.10 Å². The van der Waals surface area contributed by atoms with Gasteiger partial charge in [0, 0.05) is 13.3 Å². The first-order chi connectivity index (χ1) is 3.98. The Morgan fingerprint density at radius 2 is 2.00 bits per heavy atom. The Balaban J connectivity index is 3.88. The van der Waals surface area contributed by atoms with Gasteiger partial charge in [-0.15, -0.1) is 0 Å². The summed E-state index contributed by atoms with van der Waals surface area (Å²) < 4.78 is 0.115. The smallest absolute Gasteiger partial charge is 0.103 e. The van der Waals surface area contributed by atoms with Crippen LogP contribution in [0.4, 0.5) is 0 Å². The summed E-state index contributed by atoms with van der Waals surface area (Å²) in [5, 5.41) is 6.02. The molecule has 0 aromatic heterocycles. The van der Waals surface area contributed by atoms with E-state index in [0.29, 0.717) is 0 Å². The average molecular weight is 240 g/mol. The monoisotopic (exact) mass is 240 g/mol. The van der Waals surface area contributed by atoms with E-state index < -0.39 is 0 Å². The maximum Gasteiger partial charge on any atom is 0.103 e. The fourth-order valence-corrected chi connectivity index (χ4v) is 0.435. The minimum atomic E-state index is 0.115. The van der Waals surface area contributed by atoms with Gasteiger partial charge in [0.05, 0.1) is 0 Å². The Kier molecular flexibility index (Phi) is 3.46. The predicted octanol–water partition coefficient (Wildman–Crippen LogP) is 2.10. The first kappa shape index (κ1) is 9.20. The minimum absolute atomic E-state index is 0.115. The summed E-state index contributed by atoms with van der Waals surface area (Å²) in [5.74, 6) is 0. The van der Waals surface area contributed by atoms with Crippen molar-refractivity contribution in [3.63, 3.8) is 0 Å². The van der Waals surface area contributed by atoms with Crippen molar-refractivity contribution in [2.24, 2.45) is 5.10 Å². The Morgan fingerprint density at radius 3 is 2.11 bits per heavy atom. The first-order valence-corrected chi connectivity index (χ1v) is 3.97. The van der Waals surface area contributed by atoms with Gasteiger partial charge >= 0.3 is 0 Å². The van der Waals surface area contributed by atoms with E-state index in [-0.39, 0.29) is 3.55 Å². The maximum atomic E-state index is 4.10. The molecule has 0 atom stereocenters. The Hall–Kier alpha value is 0.200. The largest absolute Gasteiger partial charge is 0.285 e. The molecule has 0 fully saturated rings. The van der Waals surface area contributed by atoms with Crippen molar-refractivity contribution < 1.29 is 0 Å². The number of hydrazone groups is 1. The van der Waals surface area contributed by atoms with E-state index in [2.05, 4.69) is 41.5 Å². The van der Waals surface area contributed by atoms with Crippen molar-refractivity contribution >= 4 is 28.8 Å². The van der Waals surface area contributed by atoms with E-state index in [0.717, 1.165) is 0 Å². The summed E-state index contributed by atoms with van der Waals surface area (Å²) >= 11 is 2.34. The van der Waals surface area contributed by atoms with E-state index in [9.17, 15) is 0 Å². The first-order valence-electron chi connectivity index (χ1n) is 2.90. The summed E-state index contributed by atoms with van der Waals surface area (Å²) in [6.07, 6.45) is 1.79. The van der Waals surface area contributed by atoms with Gasteiger partial charge in [-0.1, -0.05) is 22.6 Å². The molecule has 0 aliphatic heterocycles. The molecule has 0 heterocycles. The van der Waals surface area contributed by atoms with Crippen LogP contribution in [0.3, 0.4) is 0 Å². The van der Waals surface area contributed by atoms with E-state index in [1.54, 1.807) is 6.21 Å². The van der Waals surface area contributed by atoms with Crippen LogP contribution in [0, 0.1) is 0 Å². The van der Waals surface area contributed by atoms with Crippen molar-refractivity contribution in [1.82, 2.24) is 5.01 Å². The van der Waals surface area contributed by atoms with Crippen molar-refractivity contribution in [1.29, 1.82) is 0 Å². The number of rotatable bonds is 2. The third-order valence-electron chi connectivity index (χ3n) is 1.06. The highest BCUT2D eigenvalue weighted by Gasteiger charge is 2.15. The van der Waals surface area contributed by atoms with Gasteiger partial charge in [-0.3, -0.25) is 5.01 Å². The molecule has 0 amide bonds. The molecule has 0 saturated carbocycles. The van der Waals surface area contributed by atoms with Crippen molar-refractivity contribution in [3.8, 4) is 0 Å². The molecule has 2 nitrogen and oxygen atoms in total. The molecule has 0 unspecified atom stereocenters. The van der Waals surface area contributed by atoms with Crippen molar-refractivity contribution in [3.05, 3.63) is 0 Å². The third-order valence-corrected chi connectivity index (χ3v) is 1.76. The van der Waals surface area contributed by atoms with Gasteiger partial charge in [-0.25, -0.2) is 0 Å². The molecule has 0 bridgehead atoms. The molecular weight excluding hydrogens is 227 g/mol. The maximum absolute atomic E-state index is 4.10. The number of alkyl halides is 1. The van der Waals surface area contributed by atoms with Gasteiger partial charge in [-0.05, 0) is 20.8 Å². The van der Waals surface area contributed by atoms with Crippen LogP contribution in [0.1, 0.15) is 20.8 Å². The SMILES string of the molecule is C/C=N/N(C)C(C)(C)I. The fourth-order valence-electron chi connectivity index (χ4n) is 0.310. The zero-order chi connectivity index (χ0) is 7.49. The lowest BCUT2D eigenvalue weighted by Gasteiger charge is -2.26. The normalized spacial score (nSPS) is 12.6. The van der Waals surface area contributed by atoms with Crippen molar-refractivity contribution in [2.45, 2.75) is 24.3 Å². The van der Waals surface area contributed by atoms with Crippen LogP contribution in [0.2, 0.25) is 0 Å². The molecule has 9 heavy (non-hydrogen) atoms. The molecule has 0 aromatic rings. The molecule has 0 aliphatic rings. The number of halogens is 1. The Morgan fingerprint density at radius 1 is 1.56 bits per heavy atom. The Bertz CT molecular complexity index is 104. The molecule has 0 N–H and O–H groups in total. The van der Waals surface area contributed by atoms with E-state index in [1.165, 1.54) is 0 Å². The number of hydrogen-bond donors (Lipinski definition) is 0. The van der Waals surface area contributed by atoms with Crippen LogP contribution in [0.5, 0.6) is 0 Å². The lowest BCUT2D eigenvalue weighted by molar-refractivity contribution is 0.274. The topological polar surface area (TPSA) is 15.6 Å². The van der Waals surface area contributed by atoms with Gasteiger partial charge in [0.1, 0.15) is 3.55 Å². The summed E-state index contributed by atoms with van der Waals surface area (Å²) in [4.78, 5) is 0. The average Bonchev–Trinajstić information content (AvgIpc) is 1.64. The van der Waals surface area contributed by atoms with Crippen LogP contribution in [0.25, 0.3) is 0 Å². The highest BCUT2D eigenvalue weighted by atomic mass is 127. The molecule has 3 heteroatoms. The van der Waals surface area contributed by atoms with Crippen LogP contribution < -0.4 is 0 Å². The number of hydrogen-bond acceptors (Lipinski definition) is 2. The number of nitrogens with zero attached hydrogens (tertiary/aromatic N) is 2. The molecule has 0 aliphatic carbocycles. The molecule has 0 spiro atoms. The summed E-state index contributed by atoms with van der Waals surface area (Å²) in [6, 6.07) is 0. The molecule has 0 rings (SSSR count). The molecule has 54 valence electrons. The molecule has 0 radical (unpaired) electrons. The summed E-state index contributed by atoms with van der Waals surface area (Å²) in [7, 11) is 1.96. The van der Waals surface area contributed by atoms with Gasteiger partial charge in [0.15, 0.2) is 0 Å². The standard InChI is InChI=1S/C6H13IN2/c1-5-8-9(4)6(2,3)7/h5H,1-4H3/b8-5+. The lowest BCUT2D eigenvalue weighted by atomic mass is 10.4. The molecular formula is C6H13IN2. The van der Waals surface area contributed by atoms with Gasteiger partial charge in [0.2, 0.25) is 0 Å². The quantitative estimate of drug-likeness (QED) is 0.237. The second kappa shape index (κ2) is 3.39. The lowest BCUT2D eigenvalue weighted by Crippen LogP contribution is -2.30. The van der Waals surface area contributed by atoms with E-state index in [4.69, 9.17) is 0 Å². The summed E-state index contributed by atoms with van der Waals surface area (Å²) in [5.41, 5.74) is 0. The highest BCUT2D eigenvalue weighted by Crippen LogP contribution is 2.20. The molecule has 0 aromatic carbocycles. The van der Waals surface area contributed by atoms with Gasteiger partial charge < -0.3 is 0 Å². The highest BCUT2D eigenvalue weighted by molar-refractivity contribution is 14.1.